The second-order valence-corrected chi connectivity index (χ2v) is 4.78. The summed E-state index contributed by atoms with van der Waals surface area (Å²) in [5.41, 5.74) is 5.60. The molecule has 0 saturated carbocycles. The molecule has 1 unspecified atom stereocenters. The maximum atomic E-state index is 11.6. The smallest absolute Gasteiger partial charge is 0.222 e. The first kappa shape index (κ1) is 16.9. The third-order valence-corrected chi connectivity index (χ3v) is 2.85. The van der Waals surface area contributed by atoms with E-state index in [-0.39, 0.29) is 17.9 Å². The number of nitrogens with zero attached hydrogens (tertiary/aromatic N) is 1. The second kappa shape index (κ2) is 9.88. The van der Waals surface area contributed by atoms with Gasteiger partial charge in [0, 0.05) is 39.5 Å². The van der Waals surface area contributed by atoms with E-state index in [9.17, 15) is 9.59 Å². The van der Waals surface area contributed by atoms with E-state index in [0.29, 0.717) is 25.8 Å². The largest absolute Gasteiger partial charge is 0.352 e. The maximum absolute atomic E-state index is 11.6. The Morgan fingerprint density at radius 2 is 1.89 bits per heavy atom. The summed E-state index contributed by atoms with van der Waals surface area (Å²) in [6, 6.07) is 0.0713. The Balaban J connectivity index is 3.78. The first-order valence-electron chi connectivity index (χ1n) is 6.70. The highest BCUT2D eigenvalue weighted by molar-refractivity contribution is 5.78. The van der Waals surface area contributed by atoms with Gasteiger partial charge in [-0.1, -0.05) is 19.8 Å². The molecule has 0 aliphatic carbocycles. The average Bonchev–Trinajstić information content (AvgIpc) is 2.34. The minimum atomic E-state index is -0.00638. The van der Waals surface area contributed by atoms with E-state index in [2.05, 4.69) is 12.2 Å². The number of rotatable bonds is 9. The van der Waals surface area contributed by atoms with Crippen molar-refractivity contribution in [2.45, 2.75) is 51.5 Å². The summed E-state index contributed by atoms with van der Waals surface area (Å²) in [5, 5.41) is 2.92. The zero-order valence-corrected chi connectivity index (χ0v) is 11.9. The van der Waals surface area contributed by atoms with Crippen LogP contribution < -0.4 is 11.1 Å². The van der Waals surface area contributed by atoms with Crippen molar-refractivity contribution in [1.82, 2.24) is 10.2 Å². The standard InChI is InChI=1S/C13H27N3O2/c1-4-5-7-11(10-14)15-12(17)8-6-9-13(18)16(2)3/h11H,4-10,14H2,1-3H3,(H,15,17). The molecule has 18 heavy (non-hydrogen) atoms. The summed E-state index contributed by atoms with van der Waals surface area (Å²) < 4.78 is 0. The highest BCUT2D eigenvalue weighted by Crippen LogP contribution is 2.02. The van der Waals surface area contributed by atoms with Crippen molar-refractivity contribution < 1.29 is 9.59 Å². The number of hydrogen-bond acceptors (Lipinski definition) is 3. The summed E-state index contributed by atoms with van der Waals surface area (Å²) >= 11 is 0. The van der Waals surface area contributed by atoms with Crippen LogP contribution in [0.15, 0.2) is 0 Å². The predicted molar refractivity (Wildman–Crippen MR) is 73.1 cm³/mol. The van der Waals surface area contributed by atoms with Crippen LogP contribution in [-0.2, 0) is 9.59 Å². The van der Waals surface area contributed by atoms with Gasteiger partial charge in [0.15, 0.2) is 0 Å². The summed E-state index contributed by atoms with van der Waals surface area (Å²) in [6.07, 6.45) is 4.50. The van der Waals surface area contributed by atoms with Crippen LogP contribution in [0.2, 0.25) is 0 Å². The molecule has 5 heteroatoms. The van der Waals surface area contributed by atoms with Crippen LogP contribution in [0.5, 0.6) is 0 Å². The first-order valence-corrected chi connectivity index (χ1v) is 6.70. The van der Waals surface area contributed by atoms with Crippen LogP contribution in [0.25, 0.3) is 0 Å². The fourth-order valence-electron chi connectivity index (χ4n) is 1.62. The molecular formula is C13H27N3O2. The van der Waals surface area contributed by atoms with Crippen LogP contribution >= 0.6 is 0 Å². The molecule has 0 aliphatic heterocycles. The zero-order valence-electron chi connectivity index (χ0n) is 11.9. The third kappa shape index (κ3) is 8.06. The Labute approximate surface area is 110 Å². The fraction of sp³-hybridized carbons (Fsp3) is 0.846. The van der Waals surface area contributed by atoms with Crippen molar-refractivity contribution in [2.75, 3.05) is 20.6 Å². The maximum Gasteiger partial charge on any atom is 0.222 e. The fourth-order valence-corrected chi connectivity index (χ4v) is 1.62. The highest BCUT2D eigenvalue weighted by atomic mass is 16.2. The molecule has 0 saturated heterocycles. The highest BCUT2D eigenvalue weighted by Gasteiger charge is 2.11. The molecule has 106 valence electrons. The van der Waals surface area contributed by atoms with Gasteiger partial charge in [-0.15, -0.1) is 0 Å². The lowest BCUT2D eigenvalue weighted by atomic mass is 10.1. The van der Waals surface area contributed by atoms with Crippen molar-refractivity contribution in [3.8, 4) is 0 Å². The van der Waals surface area contributed by atoms with Crippen molar-refractivity contribution in [1.29, 1.82) is 0 Å². The third-order valence-electron chi connectivity index (χ3n) is 2.85. The van der Waals surface area contributed by atoms with Crippen molar-refractivity contribution in [3.05, 3.63) is 0 Å². The monoisotopic (exact) mass is 257 g/mol. The predicted octanol–water partition coefficient (Wildman–Crippen LogP) is 0.879. The van der Waals surface area contributed by atoms with E-state index in [1.165, 1.54) is 0 Å². The van der Waals surface area contributed by atoms with Gasteiger partial charge in [0.2, 0.25) is 11.8 Å². The van der Waals surface area contributed by atoms with E-state index in [1.54, 1.807) is 19.0 Å². The normalized spacial score (nSPS) is 12.0. The average molecular weight is 257 g/mol. The van der Waals surface area contributed by atoms with Crippen LogP contribution in [-0.4, -0.2) is 43.4 Å². The molecule has 2 amide bonds. The van der Waals surface area contributed by atoms with E-state index in [0.717, 1.165) is 19.3 Å². The molecule has 0 aromatic rings. The number of nitrogens with one attached hydrogen (secondary N) is 1. The Morgan fingerprint density at radius 1 is 1.22 bits per heavy atom. The van der Waals surface area contributed by atoms with Gasteiger partial charge in [-0.3, -0.25) is 9.59 Å². The Morgan fingerprint density at radius 3 is 2.39 bits per heavy atom. The quantitative estimate of drug-likeness (QED) is 0.644. The summed E-state index contributed by atoms with van der Waals surface area (Å²) in [6.45, 7) is 2.59. The van der Waals surface area contributed by atoms with Gasteiger partial charge in [0.05, 0.1) is 0 Å². The summed E-state index contributed by atoms with van der Waals surface area (Å²) in [4.78, 5) is 24.5. The van der Waals surface area contributed by atoms with Crippen LogP contribution in [0, 0.1) is 0 Å². The Bertz CT molecular complexity index is 255. The molecular weight excluding hydrogens is 230 g/mol. The minimum absolute atomic E-state index is 0.00638. The molecule has 0 aromatic heterocycles. The molecule has 0 rings (SSSR count). The summed E-state index contributed by atoms with van der Waals surface area (Å²) in [5.74, 6) is 0.0530. The number of unbranched alkanes of at least 4 members (excludes halogenated alkanes) is 1. The molecule has 0 bridgehead atoms. The molecule has 0 radical (unpaired) electrons. The lowest BCUT2D eigenvalue weighted by Gasteiger charge is -2.16. The number of hydrogen-bond donors (Lipinski definition) is 2. The minimum Gasteiger partial charge on any atom is -0.352 e. The van der Waals surface area contributed by atoms with E-state index in [1.807, 2.05) is 0 Å². The molecule has 5 nitrogen and oxygen atoms in total. The van der Waals surface area contributed by atoms with Gasteiger partial charge in [-0.05, 0) is 12.8 Å². The lowest BCUT2D eigenvalue weighted by molar-refractivity contribution is -0.129. The first-order chi connectivity index (χ1) is 8.51. The van der Waals surface area contributed by atoms with Gasteiger partial charge >= 0.3 is 0 Å². The molecule has 1 atom stereocenters. The molecule has 0 aliphatic rings. The van der Waals surface area contributed by atoms with Crippen LogP contribution in [0.4, 0.5) is 0 Å². The molecule has 3 N–H and O–H groups in total. The Hall–Kier alpha value is -1.10. The SMILES string of the molecule is CCCCC(CN)NC(=O)CCCC(=O)N(C)C. The van der Waals surface area contributed by atoms with Gasteiger partial charge < -0.3 is 16.0 Å². The van der Waals surface area contributed by atoms with Crippen molar-refractivity contribution >= 4 is 11.8 Å². The number of amides is 2. The van der Waals surface area contributed by atoms with Crippen LogP contribution in [0.3, 0.4) is 0 Å². The molecule has 0 aromatic carbocycles. The van der Waals surface area contributed by atoms with E-state index >= 15 is 0 Å². The van der Waals surface area contributed by atoms with Gasteiger partial charge in [-0.2, -0.15) is 0 Å². The van der Waals surface area contributed by atoms with Gasteiger partial charge in [-0.25, -0.2) is 0 Å². The number of carbonyl (C=O) groups excluding carboxylic acids is 2. The van der Waals surface area contributed by atoms with Gasteiger partial charge in [0.25, 0.3) is 0 Å². The van der Waals surface area contributed by atoms with Crippen molar-refractivity contribution in [3.63, 3.8) is 0 Å². The van der Waals surface area contributed by atoms with E-state index < -0.39 is 0 Å². The topological polar surface area (TPSA) is 75.4 Å². The molecule has 0 spiro atoms. The Kier molecular flexibility index (Phi) is 9.28. The van der Waals surface area contributed by atoms with Gasteiger partial charge in [0.1, 0.15) is 0 Å². The number of nitrogens with two attached hydrogens (primary N) is 1. The molecule has 0 heterocycles. The zero-order chi connectivity index (χ0) is 14.0. The lowest BCUT2D eigenvalue weighted by Crippen LogP contribution is -2.40. The second-order valence-electron chi connectivity index (χ2n) is 4.78. The summed E-state index contributed by atoms with van der Waals surface area (Å²) in [7, 11) is 3.44. The molecule has 0 fully saturated rings. The van der Waals surface area contributed by atoms with E-state index in [4.69, 9.17) is 5.73 Å². The number of carbonyl (C=O) groups is 2. The van der Waals surface area contributed by atoms with Crippen molar-refractivity contribution in [2.24, 2.45) is 5.73 Å². The van der Waals surface area contributed by atoms with Crippen LogP contribution in [0.1, 0.15) is 45.4 Å².